The molecule has 0 heterocycles. The van der Waals surface area contributed by atoms with E-state index in [4.69, 9.17) is 4.74 Å². The zero-order valence-electron chi connectivity index (χ0n) is 15.8. The number of anilines is 1. The summed E-state index contributed by atoms with van der Waals surface area (Å²) in [4.78, 5) is 36.0. The zero-order valence-corrected chi connectivity index (χ0v) is 15.8. The Hall–Kier alpha value is -3.93. The smallest absolute Gasteiger partial charge is 0.337 e. The van der Waals surface area contributed by atoms with Crippen LogP contribution in [0, 0.1) is 0 Å². The standard InChI is InChI=1S/C23H19NO5/c1-28-23(27)18-8-5-9-19(14-18)24-21(25)15-29-20-12-10-17(11-13-20)22(26)16-6-3-2-4-7-16/h2-14H,15H2,1H3,(H,24,25). The molecule has 0 aliphatic carbocycles. The first-order valence-corrected chi connectivity index (χ1v) is 8.87. The Morgan fingerprint density at radius 3 is 2.14 bits per heavy atom. The molecule has 0 saturated heterocycles. The quantitative estimate of drug-likeness (QED) is 0.492. The maximum atomic E-state index is 12.4. The van der Waals surface area contributed by atoms with Crippen molar-refractivity contribution in [1.29, 1.82) is 0 Å². The minimum absolute atomic E-state index is 0.0830. The van der Waals surface area contributed by atoms with Crippen LogP contribution in [-0.4, -0.2) is 31.4 Å². The van der Waals surface area contributed by atoms with E-state index in [0.717, 1.165) is 0 Å². The van der Waals surface area contributed by atoms with Crippen LogP contribution in [0.15, 0.2) is 78.9 Å². The molecule has 0 aliphatic rings. The van der Waals surface area contributed by atoms with Crippen LogP contribution in [0.25, 0.3) is 0 Å². The SMILES string of the molecule is COC(=O)c1cccc(NC(=O)COc2ccc(C(=O)c3ccccc3)cc2)c1. The van der Waals surface area contributed by atoms with E-state index in [1.54, 1.807) is 54.6 Å². The van der Waals surface area contributed by atoms with Gasteiger partial charge in [-0.1, -0.05) is 36.4 Å². The van der Waals surface area contributed by atoms with Gasteiger partial charge in [0.2, 0.25) is 0 Å². The summed E-state index contributed by atoms with van der Waals surface area (Å²) in [6.07, 6.45) is 0. The predicted molar refractivity (Wildman–Crippen MR) is 108 cm³/mol. The number of carbonyl (C=O) groups excluding carboxylic acids is 3. The van der Waals surface area contributed by atoms with Gasteiger partial charge in [0, 0.05) is 16.8 Å². The number of nitrogens with one attached hydrogen (secondary N) is 1. The molecule has 1 amide bonds. The van der Waals surface area contributed by atoms with E-state index in [2.05, 4.69) is 10.1 Å². The van der Waals surface area contributed by atoms with Crippen LogP contribution in [0.3, 0.4) is 0 Å². The summed E-state index contributed by atoms with van der Waals surface area (Å²) in [5.74, 6) is -0.479. The van der Waals surface area contributed by atoms with Crippen LogP contribution in [0.4, 0.5) is 5.69 Å². The van der Waals surface area contributed by atoms with Gasteiger partial charge in [-0.15, -0.1) is 0 Å². The van der Waals surface area contributed by atoms with Crippen molar-refractivity contribution in [2.45, 2.75) is 0 Å². The minimum atomic E-state index is -0.484. The normalized spacial score (nSPS) is 10.1. The molecule has 0 unspecified atom stereocenters. The van der Waals surface area contributed by atoms with Crippen molar-refractivity contribution in [3.63, 3.8) is 0 Å². The van der Waals surface area contributed by atoms with Crippen molar-refractivity contribution < 1.29 is 23.9 Å². The third-order valence-corrected chi connectivity index (χ3v) is 4.09. The van der Waals surface area contributed by atoms with Crippen molar-refractivity contribution in [2.75, 3.05) is 19.0 Å². The van der Waals surface area contributed by atoms with E-state index in [0.29, 0.717) is 28.1 Å². The van der Waals surface area contributed by atoms with Gasteiger partial charge in [-0.2, -0.15) is 0 Å². The lowest BCUT2D eigenvalue weighted by atomic mass is 10.0. The molecule has 0 bridgehead atoms. The van der Waals surface area contributed by atoms with Crippen molar-refractivity contribution in [3.05, 3.63) is 95.6 Å². The molecule has 29 heavy (non-hydrogen) atoms. The van der Waals surface area contributed by atoms with E-state index in [9.17, 15) is 14.4 Å². The Morgan fingerprint density at radius 2 is 1.45 bits per heavy atom. The molecule has 0 fully saturated rings. The maximum Gasteiger partial charge on any atom is 0.337 e. The Balaban J connectivity index is 1.55. The average Bonchev–Trinajstić information content (AvgIpc) is 2.77. The lowest BCUT2D eigenvalue weighted by Crippen LogP contribution is -2.20. The molecule has 0 aliphatic heterocycles. The molecule has 0 aromatic heterocycles. The number of benzene rings is 3. The van der Waals surface area contributed by atoms with Gasteiger partial charge in [0.05, 0.1) is 12.7 Å². The van der Waals surface area contributed by atoms with Crippen molar-refractivity contribution in [1.82, 2.24) is 0 Å². The highest BCUT2D eigenvalue weighted by molar-refractivity contribution is 6.09. The second kappa shape index (κ2) is 9.32. The third kappa shape index (κ3) is 5.29. The largest absolute Gasteiger partial charge is 0.484 e. The lowest BCUT2D eigenvalue weighted by molar-refractivity contribution is -0.118. The van der Waals surface area contributed by atoms with Crippen LogP contribution >= 0.6 is 0 Å². The van der Waals surface area contributed by atoms with Gasteiger partial charge >= 0.3 is 5.97 Å². The highest BCUT2D eigenvalue weighted by atomic mass is 16.5. The molecule has 1 N–H and O–H groups in total. The molecule has 0 radical (unpaired) electrons. The minimum Gasteiger partial charge on any atom is -0.484 e. The fraction of sp³-hybridized carbons (Fsp3) is 0.0870. The monoisotopic (exact) mass is 389 g/mol. The zero-order chi connectivity index (χ0) is 20.6. The summed E-state index contributed by atoms with van der Waals surface area (Å²) in [6.45, 7) is -0.214. The Kier molecular flexibility index (Phi) is 6.37. The molecule has 0 atom stereocenters. The van der Waals surface area contributed by atoms with Crippen molar-refractivity contribution in [2.24, 2.45) is 0 Å². The molecule has 6 nitrogen and oxygen atoms in total. The first-order chi connectivity index (χ1) is 14.1. The molecule has 0 spiro atoms. The van der Waals surface area contributed by atoms with E-state index in [1.165, 1.54) is 13.2 Å². The first-order valence-electron chi connectivity index (χ1n) is 8.87. The van der Waals surface area contributed by atoms with Crippen LogP contribution in [0.5, 0.6) is 5.75 Å². The van der Waals surface area contributed by atoms with Gasteiger partial charge in [0.1, 0.15) is 5.75 Å². The number of rotatable bonds is 7. The number of esters is 1. The maximum absolute atomic E-state index is 12.4. The summed E-state index contributed by atoms with van der Waals surface area (Å²) < 4.78 is 10.1. The number of carbonyl (C=O) groups is 3. The Bertz CT molecular complexity index is 1010. The number of hydrogen-bond acceptors (Lipinski definition) is 5. The Morgan fingerprint density at radius 1 is 0.793 bits per heavy atom. The number of methoxy groups -OCH3 is 1. The van der Waals surface area contributed by atoms with E-state index < -0.39 is 5.97 Å². The van der Waals surface area contributed by atoms with Crippen molar-refractivity contribution in [3.8, 4) is 5.75 Å². The molecular weight excluding hydrogens is 370 g/mol. The van der Waals surface area contributed by atoms with Crippen molar-refractivity contribution >= 4 is 23.3 Å². The topological polar surface area (TPSA) is 81.7 Å². The van der Waals surface area contributed by atoms with Crippen LogP contribution in [-0.2, 0) is 9.53 Å². The highest BCUT2D eigenvalue weighted by Gasteiger charge is 2.10. The molecular formula is C23H19NO5. The van der Waals surface area contributed by atoms with Gasteiger partial charge in [-0.05, 0) is 42.5 Å². The first kappa shape index (κ1) is 19.8. The fourth-order valence-corrected chi connectivity index (χ4v) is 2.65. The summed E-state index contributed by atoms with van der Waals surface area (Å²) in [5.41, 5.74) is 1.94. The molecule has 3 aromatic carbocycles. The summed E-state index contributed by atoms with van der Waals surface area (Å²) in [5, 5.41) is 2.66. The van der Waals surface area contributed by atoms with Gasteiger partial charge in [-0.3, -0.25) is 9.59 Å². The predicted octanol–water partition coefficient (Wildman–Crippen LogP) is 3.72. The fourth-order valence-electron chi connectivity index (χ4n) is 2.65. The van der Waals surface area contributed by atoms with Gasteiger partial charge in [0.25, 0.3) is 5.91 Å². The van der Waals surface area contributed by atoms with Crippen LogP contribution < -0.4 is 10.1 Å². The van der Waals surface area contributed by atoms with Gasteiger partial charge < -0.3 is 14.8 Å². The molecule has 3 rings (SSSR count). The number of ether oxygens (including phenoxy) is 2. The second-order valence-corrected chi connectivity index (χ2v) is 6.13. The van der Waals surface area contributed by atoms with E-state index in [-0.39, 0.29) is 18.3 Å². The number of ketones is 1. The van der Waals surface area contributed by atoms with Gasteiger partial charge in [0.15, 0.2) is 12.4 Å². The molecule has 146 valence electrons. The van der Waals surface area contributed by atoms with Crippen LogP contribution in [0.1, 0.15) is 26.3 Å². The number of hydrogen-bond donors (Lipinski definition) is 1. The molecule has 0 saturated carbocycles. The van der Waals surface area contributed by atoms with E-state index in [1.807, 2.05) is 18.2 Å². The third-order valence-electron chi connectivity index (χ3n) is 4.09. The van der Waals surface area contributed by atoms with Gasteiger partial charge in [-0.25, -0.2) is 4.79 Å². The average molecular weight is 389 g/mol. The second-order valence-electron chi connectivity index (χ2n) is 6.13. The Labute approximate surface area is 168 Å². The summed E-state index contributed by atoms with van der Waals surface area (Å²) in [6, 6.07) is 22.0. The number of amides is 1. The van der Waals surface area contributed by atoms with E-state index >= 15 is 0 Å². The molecule has 3 aromatic rings. The summed E-state index contributed by atoms with van der Waals surface area (Å²) >= 11 is 0. The molecule has 6 heteroatoms. The van der Waals surface area contributed by atoms with Crippen LogP contribution in [0.2, 0.25) is 0 Å². The highest BCUT2D eigenvalue weighted by Crippen LogP contribution is 2.16. The summed E-state index contributed by atoms with van der Waals surface area (Å²) in [7, 11) is 1.29. The lowest BCUT2D eigenvalue weighted by Gasteiger charge is -2.09.